The van der Waals surface area contributed by atoms with E-state index in [9.17, 15) is 18.0 Å². The minimum absolute atomic E-state index is 0.252. The van der Waals surface area contributed by atoms with E-state index in [2.05, 4.69) is 10.6 Å². The molecule has 214 valence electrons. The number of benzene rings is 3. The van der Waals surface area contributed by atoms with E-state index in [1.54, 1.807) is 68.8 Å². The first-order valence-corrected chi connectivity index (χ1v) is 14.5. The molecule has 0 spiro atoms. The van der Waals surface area contributed by atoms with Gasteiger partial charge in [0.15, 0.2) is 11.5 Å². The fourth-order valence-electron chi connectivity index (χ4n) is 4.14. The van der Waals surface area contributed by atoms with Crippen molar-refractivity contribution in [3.8, 4) is 17.2 Å². The van der Waals surface area contributed by atoms with Crippen LogP contribution in [0.3, 0.4) is 0 Å². The monoisotopic (exact) mass is 569 g/mol. The van der Waals surface area contributed by atoms with Crippen LogP contribution in [-0.4, -0.2) is 59.9 Å². The van der Waals surface area contributed by atoms with Crippen LogP contribution < -0.4 is 29.1 Å². The Kier molecular flexibility index (Phi) is 10.4. The van der Waals surface area contributed by atoms with Crippen LogP contribution in [0.5, 0.6) is 17.2 Å². The van der Waals surface area contributed by atoms with Crippen molar-refractivity contribution in [2.75, 3.05) is 43.2 Å². The minimum Gasteiger partial charge on any atom is -0.494 e. The Bertz CT molecular complexity index is 1430. The van der Waals surface area contributed by atoms with E-state index in [-0.39, 0.29) is 17.2 Å². The molecule has 0 unspecified atom stereocenters. The Balaban J connectivity index is 1.71. The zero-order chi connectivity index (χ0) is 29.3. The number of anilines is 2. The van der Waals surface area contributed by atoms with Crippen LogP contribution in [0.15, 0.2) is 66.7 Å². The number of carbonyl (C=O) groups excluding carboxylic acids is 2. The van der Waals surface area contributed by atoms with E-state index in [0.29, 0.717) is 42.5 Å². The molecule has 3 aromatic rings. The summed E-state index contributed by atoms with van der Waals surface area (Å²) in [5, 5.41) is 5.58. The third kappa shape index (κ3) is 7.66. The van der Waals surface area contributed by atoms with Crippen LogP contribution >= 0.6 is 0 Å². The normalized spacial score (nSPS) is 11.7. The molecule has 0 fully saturated rings. The van der Waals surface area contributed by atoms with Gasteiger partial charge in [-0.15, -0.1) is 0 Å². The lowest BCUT2D eigenvalue weighted by Gasteiger charge is -2.28. The second-order valence-corrected chi connectivity index (χ2v) is 10.8. The molecule has 0 saturated carbocycles. The quantitative estimate of drug-likeness (QED) is 0.320. The summed E-state index contributed by atoms with van der Waals surface area (Å²) >= 11 is 0. The summed E-state index contributed by atoms with van der Waals surface area (Å²) in [5.41, 5.74) is 1.78. The van der Waals surface area contributed by atoms with Crippen molar-refractivity contribution in [1.82, 2.24) is 5.32 Å². The number of amides is 2. The van der Waals surface area contributed by atoms with E-state index in [1.807, 2.05) is 19.1 Å². The number of methoxy groups -OCH3 is 2. The largest absolute Gasteiger partial charge is 0.494 e. The lowest BCUT2D eigenvalue weighted by Crippen LogP contribution is -2.45. The fraction of sp³-hybridized carbons (Fsp3) is 0.310. The van der Waals surface area contributed by atoms with Gasteiger partial charge < -0.3 is 24.8 Å². The van der Waals surface area contributed by atoms with Crippen LogP contribution in [-0.2, 0) is 21.2 Å². The van der Waals surface area contributed by atoms with Gasteiger partial charge in [-0.2, -0.15) is 0 Å². The third-order valence-corrected chi connectivity index (χ3v) is 7.31. The maximum atomic E-state index is 13.2. The van der Waals surface area contributed by atoms with Crippen LogP contribution in [0, 0.1) is 0 Å². The molecule has 11 heteroatoms. The number of sulfonamides is 1. The third-order valence-electron chi connectivity index (χ3n) is 6.07. The molecule has 0 radical (unpaired) electrons. The summed E-state index contributed by atoms with van der Waals surface area (Å²) in [6.45, 7) is 4.14. The Hall–Kier alpha value is -4.25. The van der Waals surface area contributed by atoms with Gasteiger partial charge >= 0.3 is 0 Å². The highest BCUT2D eigenvalue weighted by atomic mass is 32.2. The molecule has 2 N–H and O–H groups in total. The molecule has 0 bridgehead atoms. The number of hydrogen-bond acceptors (Lipinski definition) is 7. The number of nitrogens with one attached hydrogen (secondary N) is 2. The summed E-state index contributed by atoms with van der Waals surface area (Å²) in [6.07, 6.45) is 1.58. The Morgan fingerprint density at radius 2 is 1.62 bits per heavy atom. The van der Waals surface area contributed by atoms with Gasteiger partial charge in [0.05, 0.1) is 44.0 Å². The lowest BCUT2D eigenvalue weighted by atomic mass is 10.1. The molecule has 1 atom stereocenters. The number of nitrogens with zero attached hydrogens (tertiary/aromatic N) is 1. The predicted molar refractivity (Wildman–Crippen MR) is 155 cm³/mol. The van der Waals surface area contributed by atoms with Crippen molar-refractivity contribution in [3.05, 3.63) is 77.9 Å². The summed E-state index contributed by atoms with van der Waals surface area (Å²) in [7, 11) is -0.697. The van der Waals surface area contributed by atoms with Crippen molar-refractivity contribution < 1.29 is 32.2 Å². The van der Waals surface area contributed by atoms with Gasteiger partial charge in [-0.05, 0) is 74.4 Å². The Labute approximate surface area is 235 Å². The number of hydrogen-bond donors (Lipinski definition) is 2. The van der Waals surface area contributed by atoms with E-state index >= 15 is 0 Å². The average molecular weight is 570 g/mol. The Morgan fingerprint density at radius 1 is 0.950 bits per heavy atom. The first kappa shape index (κ1) is 30.3. The highest BCUT2D eigenvalue weighted by molar-refractivity contribution is 7.92. The standard InChI is InChI=1S/C29H35N3O7S/c1-6-39-23-14-12-22(13-15-23)32(40(5,35)36)20(2)28(33)31-25-10-8-7-9-24(25)29(34)30-18-17-21-11-16-26(37-3)27(19-21)38-4/h7-16,19-20H,6,17-18H2,1-5H3,(H,30,34)(H,31,33)/t20-/m1/s1. The average Bonchev–Trinajstić information content (AvgIpc) is 2.93. The molecule has 10 nitrogen and oxygen atoms in total. The van der Waals surface area contributed by atoms with Crippen molar-refractivity contribution in [2.45, 2.75) is 26.3 Å². The van der Waals surface area contributed by atoms with Crippen molar-refractivity contribution in [1.29, 1.82) is 0 Å². The van der Waals surface area contributed by atoms with Gasteiger partial charge in [0.2, 0.25) is 15.9 Å². The van der Waals surface area contributed by atoms with Gasteiger partial charge in [-0.25, -0.2) is 8.42 Å². The molecule has 0 saturated heterocycles. The predicted octanol–water partition coefficient (Wildman–Crippen LogP) is 3.87. The summed E-state index contributed by atoms with van der Waals surface area (Å²) in [6, 6.07) is 17.4. The topological polar surface area (TPSA) is 123 Å². The molecule has 0 aliphatic rings. The Morgan fingerprint density at radius 3 is 2.25 bits per heavy atom. The summed E-state index contributed by atoms with van der Waals surface area (Å²) < 4.78 is 42.4. The second-order valence-electron chi connectivity index (χ2n) is 8.89. The number of rotatable bonds is 13. The minimum atomic E-state index is -3.82. The van der Waals surface area contributed by atoms with Crippen molar-refractivity contribution in [2.24, 2.45) is 0 Å². The smallest absolute Gasteiger partial charge is 0.253 e. The van der Waals surface area contributed by atoms with E-state index in [1.165, 1.54) is 6.92 Å². The highest BCUT2D eigenvalue weighted by Crippen LogP contribution is 2.28. The highest BCUT2D eigenvalue weighted by Gasteiger charge is 2.30. The van der Waals surface area contributed by atoms with Crippen LogP contribution in [0.4, 0.5) is 11.4 Å². The van der Waals surface area contributed by atoms with E-state index in [0.717, 1.165) is 16.1 Å². The van der Waals surface area contributed by atoms with Gasteiger partial charge in [-0.3, -0.25) is 13.9 Å². The van der Waals surface area contributed by atoms with Crippen LogP contribution in [0.25, 0.3) is 0 Å². The number of carbonyl (C=O) groups is 2. The SMILES string of the molecule is CCOc1ccc(N([C@H](C)C(=O)Nc2ccccc2C(=O)NCCc2ccc(OC)c(OC)c2)S(C)(=O)=O)cc1. The second kappa shape index (κ2) is 13.7. The van der Waals surface area contributed by atoms with Crippen molar-refractivity contribution >= 4 is 33.2 Å². The summed E-state index contributed by atoms with van der Waals surface area (Å²) in [5.74, 6) is 0.830. The van der Waals surface area contributed by atoms with E-state index in [4.69, 9.17) is 14.2 Å². The molecule has 0 aliphatic heterocycles. The van der Waals surface area contributed by atoms with Gasteiger partial charge in [0.25, 0.3) is 5.91 Å². The molecule has 40 heavy (non-hydrogen) atoms. The molecule has 2 amide bonds. The number of ether oxygens (including phenoxy) is 3. The molecular formula is C29H35N3O7S. The fourth-order valence-corrected chi connectivity index (χ4v) is 5.32. The lowest BCUT2D eigenvalue weighted by molar-refractivity contribution is -0.116. The van der Waals surface area contributed by atoms with Crippen LogP contribution in [0.1, 0.15) is 29.8 Å². The molecule has 3 aromatic carbocycles. The van der Waals surface area contributed by atoms with Gasteiger partial charge in [-0.1, -0.05) is 18.2 Å². The zero-order valence-electron chi connectivity index (χ0n) is 23.3. The maximum Gasteiger partial charge on any atom is 0.253 e. The van der Waals surface area contributed by atoms with E-state index < -0.39 is 22.0 Å². The first-order chi connectivity index (χ1) is 19.1. The first-order valence-electron chi connectivity index (χ1n) is 12.7. The van der Waals surface area contributed by atoms with Crippen molar-refractivity contribution in [3.63, 3.8) is 0 Å². The summed E-state index contributed by atoms with van der Waals surface area (Å²) in [4.78, 5) is 26.2. The zero-order valence-corrected chi connectivity index (χ0v) is 24.1. The van der Waals surface area contributed by atoms with Gasteiger partial charge in [0.1, 0.15) is 11.8 Å². The molecule has 3 rings (SSSR count). The van der Waals surface area contributed by atoms with Gasteiger partial charge in [0, 0.05) is 6.54 Å². The molecule has 0 aliphatic carbocycles. The molecule has 0 heterocycles. The number of para-hydroxylation sites is 1. The van der Waals surface area contributed by atoms with Crippen LogP contribution in [0.2, 0.25) is 0 Å². The molecular weight excluding hydrogens is 534 g/mol. The molecule has 0 aromatic heterocycles. The maximum absolute atomic E-state index is 13.2.